The maximum Gasteiger partial charge on any atom is 0.282 e. The average Bonchev–Trinajstić information content (AvgIpc) is 2.90. The first-order valence-corrected chi connectivity index (χ1v) is 8.15. The number of benzene rings is 2. The fourth-order valence-corrected chi connectivity index (χ4v) is 2.70. The van der Waals surface area contributed by atoms with Crippen molar-refractivity contribution in [3.8, 4) is 5.75 Å². The molecule has 1 N–H and O–H groups in total. The largest absolute Gasteiger partial charge is 0.496 e. The van der Waals surface area contributed by atoms with Gasteiger partial charge in [-0.15, -0.1) is 0 Å². The van der Waals surface area contributed by atoms with Crippen LogP contribution < -0.4 is 15.2 Å². The number of hydrazine groups is 1. The quantitative estimate of drug-likeness (QED) is 0.356. The van der Waals surface area contributed by atoms with Crippen LogP contribution in [0.4, 0.5) is 11.4 Å². The summed E-state index contributed by atoms with van der Waals surface area (Å²) in [6.45, 7) is 0. The highest BCUT2D eigenvalue weighted by molar-refractivity contribution is 9.10. The Bertz CT molecular complexity index is 940. The van der Waals surface area contributed by atoms with Crippen molar-refractivity contribution in [1.29, 1.82) is 0 Å². The number of anilines is 1. The van der Waals surface area contributed by atoms with Crippen molar-refractivity contribution in [2.24, 2.45) is 0 Å². The molecular formula is C17H12BrN3O5. The SMILES string of the molecule is COc1ccc([N+](=O)[O-])cc1C=C1C(=O)NN(c2ccc(Br)cc2)C1=O. The highest BCUT2D eigenvalue weighted by Gasteiger charge is 2.34. The number of carbonyl (C=O) groups excluding carboxylic acids is 2. The molecule has 3 rings (SSSR count). The second-order valence-corrected chi connectivity index (χ2v) is 6.21. The zero-order chi connectivity index (χ0) is 18.8. The van der Waals surface area contributed by atoms with Gasteiger partial charge in [0.05, 0.1) is 17.7 Å². The van der Waals surface area contributed by atoms with E-state index in [0.29, 0.717) is 11.4 Å². The molecule has 0 spiro atoms. The molecule has 2 aromatic rings. The summed E-state index contributed by atoms with van der Waals surface area (Å²) < 4.78 is 5.99. The van der Waals surface area contributed by atoms with E-state index in [1.54, 1.807) is 24.3 Å². The van der Waals surface area contributed by atoms with E-state index in [1.807, 2.05) is 0 Å². The van der Waals surface area contributed by atoms with E-state index in [4.69, 9.17) is 4.74 Å². The summed E-state index contributed by atoms with van der Waals surface area (Å²) in [6, 6.07) is 10.7. The van der Waals surface area contributed by atoms with E-state index in [1.165, 1.54) is 31.4 Å². The molecule has 9 heteroatoms. The van der Waals surface area contributed by atoms with E-state index >= 15 is 0 Å². The van der Waals surface area contributed by atoms with Gasteiger partial charge in [0.2, 0.25) is 0 Å². The fraction of sp³-hybridized carbons (Fsp3) is 0.0588. The van der Waals surface area contributed by atoms with Crippen LogP contribution in [0.25, 0.3) is 6.08 Å². The number of halogens is 1. The van der Waals surface area contributed by atoms with Crippen molar-refractivity contribution < 1.29 is 19.2 Å². The Morgan fingerprint density at radius 2 is 1.88 bits per heavy atom. The Labute approximate surface area is 156 Å². The van der Waals surface area contributed by atoms with Gasteiger partial charge in [-0.2, -0.15) is 0 Å². The third kappa shape index (κ3) is 3.29. The van der Waals surface area contributed by atoms with Crippen LogP contribution in [0.3, 0.4) is 0 Å². The summed E-state index contributed by atoms with van der Waals surface area (Å²) in [5.74, 6) is -0.858. The van der Waals surface area contributed by atoms with Crippen LogP contribution in [0.1, 0.15) is 5.56 Å². The van der Waals surface area contributed by atoms with Crippen molar-refractivity contribution in [1.82, 2.24) is 5.43 Å². The van der Waals surface area contributed by atoms with E-state index in [0.717, 1.165) is 9.48 Å². The van der Waals surface area contributed by atoms with Crippen molar-refractivity contribution in [3.05, 3.63) is 68.2 Å². The fourth-order valence-electron chi connectivity index (χ4n) is 2.43. The second kappa shape index (κ2) is 6.96. The third-order valence-corrected chi connectivity index (χ3v) is 4.23. The minimum atomic E-state index is -0.605. The first kappa shape index (κ1) is 17.6. The van der Waals surface area contributed by atoms with Crippen LogP contribution in [0, 0.1) is 10.1 Å². The Morgan fingerprint density at radius 1 is 1.19 bits per heavy atom. The first-order chi connectivity index (χ1) is 12.4. The van der Waals surface area contributed by atoms with Gasteiger partial charge < -0.3 is 4.74 Å². The molecule has 0 radical (unpaired) electrons. The summed E-state index contributed by atoms with van der Waals surface area (Å²) in [4.78, 5) is 35.2. The van der Waals surface area contributed by atoms with Crippen molar-refractivity contribution in [2.45, 2.75) is 0 Å². The number of nitrogens with zero attached hydrogens (tertiary/aromatic N) is 2. The van der Waals surface area contributed by atoms with Gasteiger partial charge in [-0.25, -0.2) is 5.01 Å². The monoisotopic (exact) mass is 417 g/mol. The number of nitro groups is 1. The molecule has 0 bridgehead atoms. The van der Waals surface area contributed by atoms with Crippen LogP contribution in [-0.4, -0.2) is 23.8 Å². The van der Waals surface area contributed by atoms with E-state index in [2.05, 4.69) is 21.4 Å². The molecule has 26 heavy (non-hydrogen) atoms. The molecule has 8 nitrogen and oxygen atoms in total. The summed E-state index contributed by atoms with van der Waals surface area (Å²) in [6.07, 6.45) is 1.28. The Kier molecular flexibility index (Phi) is 4.72. The zero-order valence-electron chi connectivity index (χ0n) is 13.4. The molecule has 0 unspecified atom stereocenters. The molecule has 1 aliphatic rings. The molecule has 0 aromatic heterocycles. The maximum atomic E-state index is 12.6. The van der Waals surface area contributed by atoms with Crippen LogP contribution in [0.15, 0.2) is 52.5 Å². The predicted octanol–water partition coefficient (Wildman–Crippen LogP) is 2.83. The molecule has 2 aromatic carbocycles. The smallest absolute Gasteiger partial charge is 0.282 e. The van der Waals surface area contributed by atoms with Crippen molar-refractivity contribution in [3.63, 3.8) is 0 Å². The van der Waals surface area contributed by atoms with Crippen LogP contribution in [0.5, 0.6) is 5.75 Å². The Morgan fingerprint density at radius 3 is 2.50 bits per heavy atom. The Hall–Kier alpha value is -3.20. The lowest BCUT2D eigenvalue weighted by molar-refractivity contribution is -0.384. The number of hydrogen-bond acceptors (Lipinski definition) is 5. The molecule has 0 saturated carbocycles. The lowest BCUT2D eigenvalue weighted by Crippen LogP contribution is -2.35. The molecule has 2 amide bonds. The lowest BCUT2D eigenvalue weighted by Gasteiger charge is -2.14. The third-order valence-electron chi connectivity index (χ3n) is 3.70. The zero-order valence-corrected chi connectivity index (χ0v) is 15.0. The number of rotatable bonds is 4. The summed E-state index contributed by atoms with van der Waals surface area (Å²) >= 11 is 3.30. The van der Waals surface area contributed by atoms with Gasteiger partial charge in [-0.3, -0.25) is 25.1 Å². The van der Waals surface area contributed by atoms with Gasteiger partial charge in [0.15, 0.2) is 0 Å². The highest BCUT2D eigenvalue weighted by atomic mass is 79.9. The molecule has 1 fully saturated rings. The number of nitrogens with one attached hydrogen (secondary N) is 1. The number of carbonyl (C=O) groups is 2. The number of nitro benzene ring substituents is 1. The molecule has 0 aliphatic carbocycles. The maximum absolute atomic E-state index is 12.6. The standard InChI is InChI=1S/C17H12BrN3O5/c1-26-15-7-6-13(21(24)25)8-10(15)9-14-16(22)19-20(17(14)23)12-4-2-11(18)3-5-12/h2-9H,1H3,(H,19,22). The predicted molar refractivity (Wildman–Crippen MR) is 97.4 cm³/mol. The van der Waals surface area contributed by atoms with Crippen LogP contribution in [-0.2, 0) is 9.59 Å². The molecular weight excluding hydrogens is 406 g/mol. The van der Waals surface area contributed by atoms with Gasteiger partial charge in [0.25, 0.3) is 17.5 Å². The number of non-ortho nitro benzene ring substituents is 1. The van der Waals surface area contributed by atoms with Gasteiger partial charge >= 0.3 is 0 Å². The van der Waals surface area contributed by atoms with Gasteiger partial charge in [0, 0.05) is 22.2 Å². The van der Waals surface area contributed by atoms with E-state index in [9.17, 15) is 19.7 Å². The molecule has 0 atom stereocenters. The topological polar surface area (TPSA) is 102 Å². The molecule has 1 saturated heterocycles. The molecule has 1 heterocycles. The van der Waals surface area contributed by atoms with Crippen LogP contribution >= 0.6 is 15.9 Å². The summed E-state index contributed by atoms with van der Waals surface area (Å²) in [5.41, 5.74) is 2.90. The molecule has 1 aliphatic heterocycles. The second-order valence-electron chi connectivity index (χ2n) is 5.30. The van der Waals surface area contributed by atoms with E-state index in [-0.39, 0.29) is 16.8 Å². The minimum absolute atomic E-state index is 0.147. The number of methoxy groups -OCH3 is 1. The highest BCUT2D eigenvalue weighted by Crippen LogP contribution is 2.28. The van der Waals surface area contributed by atoms with Gasteiger partial charge in [-0.05, 0) is 36.4 Å². The van der Waals surface area contributed by atoms with Crippen LogP contribution in [0.2, 0.25) is 0 Å². The van der Waals surface area contributed by atoms with Gasteiger partial charge in [-0.1, -0.05) is 15.9 Å². The van der Waals surface area contributed by atoms with Crippen molar-refractivity contribution in [2.75, 3.05) is 12.1 Å². The number of hydrogen-bond donors (Lipinski definition) is 1. The average molecular weight is 418 g/mol. The summed E-state index contributed by atoms with van der Waals surface area (Å²) in [7, 11) is 1.40. The first-order valence-electron chi connectivity index (χ1n) is 7.36. The number of amides is 2. The van der Waals surface area contributed by atoms with E-state index < -0.39 is 16.7 Å². The summed E-state index contributed by atoms with van der Waals surface area (Å²) in [5, 5.41) is 12.1. The van der Waals surface area contributed by atoms with Gasteiger partial charge in [0.1, 0.15) is 11.3 Å². The lowest BCUT2D eigenvalue weighted by atomic mass is 10.1. The Balaban J connectivity index is 2.00. The normalized spacial score (nSPS) is 15.3. The van der Waals surface area contributed by atoms with Crippen molar-refractivity contribution >= 4 is 45.2 Å². The minimum Gasteiger partial charge on any atom is -0.496 e. The molecule has 132 valence electrons. The number of ether oxygens (including phenoxy) is 1.